The molecule has 3 rings (SSSR count). The summed E-state index contributed by atoms with van der Waals surface area (Å²) in [7, 11) is -5.51. The largest absolute Gasteiger partial charge is 0.501 e. The fourth-order valence-corrected chi connectivity index (χ4v) is 4.78. The molecule has 5 nitrogen and oxygen atoms in total. The van der Waals surface area contributed by atoms with Crippen molar-refractivity contribution in [2.24, 2.45) is 0 Å². The topological polar surface area (TPSA) is 65.4 Å². The second-order valence-corrected chi connectivity index (χ2v) is 8.91. The van der Waals surface area contributed by atoms with Crippen LogP contribution >= 0.6 is 0 Å². The molecule has 0 atom stereocenters. The van der Waals surface area contributed by atoms with Gasteiger partial charge < -0.3 is 9.30 Å². The van der Waals surface area contributed by atoms with E-state index in [2.05, 4.69) is 0 Å². The highest BCUT2D eigenvalue weighted by Crippen LogP contribution is 2.38. The first-order valence-electron chi connectivity index (χ1n) is 9.22. The van der Waals surface area contributed by atoms with Gasteiger partial charge in [0.2, 0.25) is 0 Å². The van der Waals surface area contributed by atoms with Gasteiger partial charge in [0, 0.05) is 22.6 Å². The minimum absolute atomic E-state index is 0.106. The Hall–Kier alpha value is -2.03. The number of carbonyl (C=O) groups is 1. The Morgan fingerprint density at radius 1 is 1.21 bits per heavy atom. The van der Waals surface area contributed by atoms with Crippen molar-refractivity contribution >= 4 is 26.7 Å². The smallest absolute Gasteiger partial charge is 0.462 e. The van der Waals surface area contributed by atoms with Crippen LogP contribution in [0.2, 0.25) is 0 Å². The monoisotopic (exact) mass is 417 g/mol. The quantitative estimate of drug-likeness (QED) is 0.662. The molecular formula is C19H22F3NO4S. The van der Waals surface area contributed by atoms with Crippen molar-refractivity contribution in [1.29, 1.82) is 0 Å². The van der Waals surface area contributed by atoms with Gasteiger partial charge in [0.15, 0.2) is 0 Å². The van der Waals surface area contributed by atoms with Crippen molar-refractivity contribution in [3.63, 3.8) is 0 Å². The van der Waals surface area contributed by atoms with Crippen molar-refractivity contribution in [1.82, 2.24) is 4.57 Å². The minimum Gasteiger partial charge on any atom is -0.462 e. The van der Waals surface area contributed by atoms with Crippen LogP contribution in [-0.2, 0) is 14.6 Å². The first-order chi connectivity index (χ1) is 13.1. The molecule has 0 radical (unpaired) electrons. The average molecular weight is 417 g/mol. The van der Waals surface area contributed by atoms with Gasteiger partial charge in [-0.2, -0.15) is 13.2 Å². The molecule has 1 heterocycles. The number of nitrogens with zero attached hydrogens (tertiary/aromatic N) is 1. The molecule has 0 saturated heterocycles. The number of fused-ring (bicyclic) bond motifs is 1. The van der Waals surface area contributed by atoms with E-state index < -0.39 is 26.2 Å². The number of sulfone groups is 1. The lowest BCUT2D eigenvalue weighted by Gasteiger charge is -2.26. The highest BCUT2D eigenvalue weighted by Gasteiger charge is 2.47. The first kappa shape index (κ1) is 20.7. The van der Waals surface area contributed by atoms with Crippen molar-refractivity contribution in [3.05, 3.63) is 29.5 Å². The van der Waals surface area contributed by atoms with E-state index in [-0.39, 0.29) is 23.6 Å². The molecule has 0 aliphatic heterocycles. The summed E-state index contributed by atoms with van der Waals surface area (Å²) in [4.78, 5) is 11.7. The standard InChI is InChI=1S/C19H22F3NO4S/c1-3-27-18(24)17-12(2)23(13-7-5-4-6-8-13)16-10-9-14(11-15(16)17)28(25,26)19(20,21)22/h9-11,13H,3-8H2,1-2H3. The zero-order chi connectivity index (χ0) is 20.7. The molecular weight excluding hydrogens is 395 g/mol. The van der Waals surface area contributed by atoms with E-state index in [1.807, 2.05) is 4.57 Å². The molecule has 1 fully saturated rings. The predicted octanol–water partition coefficient (Wildman–Crippen LogP) is 4.93. The normalized spacial score (nSPS) is 16.5. The summed E-state index contributed by atoms with van der Waals surface area (Å²) in [6.45, 7) is 3.46. The molecule has 9 heteroatoms. The van der Waals surface area contributed by atoms with Crippen molar-refractivity contribution < 1.29 is 31.1 Å². The van der Waals surface area contributed by atoms with E-state index >= 15 is 0 Å². The molecule has 28 heavy (non-hydrogen) atoms. The molecule has 0 amide bonds. The summed E-state index contributed by atoms with van der Waals surface area (Å²) < 4.78 is 69.7. The lowest BCUT2D eigenvalue weighted by atomic mass is 9.95. The van der Waals surface area contributed by atoms with Crippen molar-refractivity contribution in [3.8, 4) is 0 Å². The number of ether oxygens (including phenoxy) is 1. The van der Waals surface area contributed by atoms with Gasteiger partial charge in [-0.15, -0.1) is 0 Å². The average Bonchev–Trinajstić information content (AvgIpc) is 2.92. The molecule has 1 saturated carbocycles. The Kier molecular flexibility index (Phi) is 5.49. The van der Waals surface area contributed by atoms with Gasteiger partial charge in [0.1, 0.15) is 0 Å². The maximum atomic E-state index is 13.0. The second-order valence-electron chi connectivity index (χ2n) is 6.97. The lowest BCUT2D eigenvalue weighted by Crippen LogP contribution is -2.23. The molecule has 1 aliphatic carbocycles. The Labute approximate surface area is 161 Å². The molecule has 1 aliphatic rings. The van der Waals surface area contributed by atoms with Gasteiger partial charge in [-0.25, -0.2) is 13.2 Å². The molecule has 1 aromatic heterocycles. The van der Waals surface area contributed by atoms with Crippen LogP contribution in [0.1, 0.15) is 61.1 Å². The minimum atomic E-state index is -5.51. The maximum absolute atomic E-state index is 13.0. The van der Waals surface area contributed by atoms with Gasteiger partial charge in [0.25, 0.3) is 9.84 Å². The Bertz CT molecular complexity index is 1000. The second kappa shape index (κ2) is 7.42. The van der Waals surface area contributed by atoms with Crippen LogP contribution in [0.25, 0.3) is 10.9 Å². The summed E-state index contributed by atoms with van der Waals surface area (Å²) >= 11 is 0. The van der Waals surface area contributed by atoms with Crippen LogP contribution in [0.15, 0.2) is 23.1 Å². The van der Waals surface area contributed by atoms with Crippen LogP contribution in [-0.4, -0.2) is 31.1 Å². The SMILES string of the molecule is CCOC(=O)c1c(C)n(C2CCCCC2)c2ccc(S(=O)(=O)C(F)(F)F)cc12. The van der Waals surface area contributed by atoms with Crippen molar-refractivity contribution in [2.75, 3.05) is 6.61 Å². The number of halogens is 3. The summed E-state index contributed by atoms with van der Waals surface area (Å²) in [5.41, 5.74) is -4.15. The van der Waals surface area contributed by atoms with Gasteiger partial charge in [-0.1, -0.05) is 19.3 Å². The Morgan fingerprint density at radius 2 is 1.86 bits per heavy atom. The highest BCUT2D eigenvalue weighted by molar-refractivity contribution is 7.92. The molecule has 0 unspecified atom stereocenters. The van der Waals surface area contributed by atoms with Crippen LogP contribution in [0, 0.1) is 6.92 Å². The number of rotatable bonds is 4. The van der Waals surface area contributed by atoms with Crippen LogP contribution in [0.5, 0.6) is 0 Å². The van der Waals surface area contributed by atoms with Crippen molar-refractivity contribution in [2.45, 2.75) is 62.4 Å². The highest BCUT2D eigenvalue weighted by atomic mass is 32.2. The number of alkyl halides is 3. The predicted molar refractivity (Wildman–Crippen MR) is 98.0 cm³/mol. The fourth-order valence-electron chi connectivity index (χ4n) is 3.99. The van der Waals surface area contributed by atoms with E-state index in [0.29, 0.717) is 11.2 Å². The molecule has 0 bridgehead atoms. The first-order valence-corrected chi connectivity index (χ1v) is 10.7. The van der Waals surface area contributed by atoms with Gasteiger partial charge >= 0.3 is 11.5 Å². The van der Waals surface area contributed by atoms with Crippen LogP contribution in [0.4, 0.5) is 13.2 Å². The van der Waals surface area contributed by atoms with E-state index in [0.717, 1.165) is 44.2 Å². The number of hydrogen-bond donors (Lipinski definition) is 0. The maximum Gasteiger partial charge on any atom is 0.501 e. The summed E-state index contributed by atoms with van der Waals surface area (Å²) in [6, 6.07) is 3.37. The number of esters is 1. The summed E-state index contributed by atoms with van der Waals surface area (Å²) in [6.07, 6.45) is 4.97. The summed E-state index contributed by atoms with van der Waals surface area (Å²) in [5, 5.41) is 0.173. The third-order valence-electron chi connectivity index (χ3n) is 5.25. The number of carbonyl (C=O) groups excluding carboxylic acids is 1. The molecule has 1 aromatic carbocycles. The van der Waals surface area contributed by atoms with Crippen LogP contribution in [0.3, 0.4) is 0 Å². The Balaban J connectivity index is 2.26. The van der Waals surface area contributed by atoms with Gasteiger partial charge in [-0.3, -0.25) is 0 Å². The molecule has 154 valence electrons. The van der Waals surface area contributed by atoms with E-state index in [4.69, 9.17) is 4.74 Å². The molecule has 2 aromatic rings. The Morgan fingerprint density at radius 3 is 2.43 bits per heavy atom. The van der Waals surface area contributed by atoms with E-state index in [1.54, 1.807) is 13.8 Å². The number of aromatic nitrogens is 1. The summed E-state index contributed by atoms with van der Waals surface area (Å²) in [5.74, 6) is -0.666. The molecule has 0 spiro atoms. The van der Waals surface area contributed by atoms with E-state index in [9.17, 15) is 26.4 Å². The number of benzene rings is 1. The third kappa shape index (κ3) is 3.40. The zero-order valence-electron chi connectivity index (χ0n) is 15.7. The molecule has 0 N–H and O–H groups in total. The zero-order valence-corrected chi connectivity index (χ0v) is 16.5. The van der Waals surface area contributed by atoms with Gasteiger partial charge in [-0.05, 0) is 44.9 Å². The van der Waals surface area contributed by atoms with E-state index in [1.165, 1.54) is 6.07 Å². The fraction of sp³-hybridized carbons (Fsp3) is 0.526. The van der Waals surface area contributed by atoms with Crippen LogP contribution < -0.4 is 0 Å². The lowest BCUT2D eigenvalue weighted by molar-refractivity contribution is -0.0436. The number of hydrogen-bond acceptors (Lipinski definition) is 4. The van der Waals surface area contributed by atoms with Gasteiger partial charge in [0.05, 0.1) is 17.1 Å². The third-order valence-corrected chi connectivity index (χ3v) is 6.74.